The topological polar surface area (TPSA) is 119 Å². The highest BCUT2D eigenvalue weighted by atomic mass is 31.2. The van der Waals surface area contributed by atoms with Gasteiger partial charge in [-0.2, -0.15) is 4.52 Å². The minimum Gasteiger partial charge on any atom is -0.323 e. The Morgan fingerprint density at radius 3 is 0.953 bits per heavy atom. The average Bonchev–Trinajstić information content (AvgIpc) is 2.80. The Morgan fingerprint density at radius 1 is 0.581 bits per heavy atom. The summed E-state index contributed by atoms with van der Waals surface area (Å²) in [4.78, 5) is 0. The summed E-state index contributed by atoms with van der Waals surface area (Å²) in [6.07, 6.45) is 1.06. The van der Waals surface area contributed by atoms with Crippen molar-refractivity contribution in [2.24, 2.45) is 14.7 Å². The second-order valence-corrected chi connectivity index (χ2v) is 21.8. The van der Waals surface area contributed by atoms with Crippen molar-refractivity contribution in [3.63, 3.8) is 0 Å². The molecule has 17 heteroatoms. The minimum atomic E-state index is -1.83. The van der Waals surface area contributed by atoms with Gasteiger partial charge in [0, 0.05) is 56.4 Å². The van der Waals surface area contributed by atoms with Crippen LogP contribution in [0.3, 0.4) is 0 Å². The first-order valence-corrected chi connectivity index (χ1v) is 19.0. The molecule has 0 radical (unpaired) electrons. The zero-order chi connectivity index (χ0) is 35.9. The van der Waals surface area contributed by atoms with E-state index in [0.29, 0.717) is 0 Å². The van der Waals surface area contributed by atoms with E-state index in [4.69, 9.17) is 19.6 Å². The summed E-state index contributed by atoms with van der Waals surface area (Å²) in [5.74, 6) is 0. The molecule has 0 spiro atoms. The van der Waals surface area contributed by atoms with Gasteiger partial charge in [-0.3, -0.25) is 14.0 Å². The van der Waals surface area contributed by atoms with Gasteiger partial charge in [0.2, 0.25) is 0 Å². The van der Waals surface area contributed by atoms with Gasteiger partial charge in [0.25, 0.3) is 0 Å². The highest BCUT2D eigenvalue weighted by molar-refractivity contribution is 7.62. The van der Waals surface area contributed by atoms with Gasteiger partial charge in [0.1, 0.15) is 0 Å². The minimum absolute atomic E-state index is 0.0517. The Hall–Kier alpha value is 0.170. The molecular weight excluding hydrogens is 618 g/mol. The van der Waals surface area contributed by atoms with Crippen LogP contribution in [0.2, 0.25) is 0 Å². The van der Waals surface area contributed by atoms with E-state index in [0.717, 1.165) is 14.9 Å². The Kier molecular flexibility index (Phi) is 33.5. The van der Waals surface area contributed by atoms with E-state index in [1.54, 1.807) is 0 Å². The number of nitrogens with one attached hydrogen (secondary N) is 4. The van der Waals surface area contributed by atoms with E-state index >= 15 is 0 Å². The normalized spacial score (nSPS) is 12.0. The molecule has 0 fully saturated rings. The molecule has 0 rings (SSSR count). The van der Waals surface area contributed by atoms with Crippen LogP contribution in [0.1, 0.15) is 41.0 Å². The lowest BCUT2D eigenvalue weighted by Crippen LogP contribution is -2.30. The highest BCUT2D eigenvalue weighted by Crippen LogP contribution is 2.57. The third-order valence-electron chi connectivity index (χ3n) is 4.56. The molecule has 0 bridgehead atoms. The van der Waals surface area contributed by atoms with Crippen molar-refractivity contribution >= 4 is 32.1 Å². The molecule has 0 aliphatic rings. The molecule has 0 aliphatic carbocycles. The fourth-order valence-corrected chi connectivity index (χ4v) is 9.96. The third kappa shape index (κ3) is 29.3. The Bertz CT molecular complexity index is 716. The van der Waals surface area contributed by atoms with Crippen LogP contribution < -0.4 is 10.6 Å². The van der Waals surface area contributed by atoms with Crippen LogP contribution in [0, 0.1) is 15.7 Å². The van der Waals surface area contributed by atoms with E-state index in [9.17, 15) is 0 Å². The molecule has 0 saturated heterocycles. The maximum atomic E-state index is 7.40. The number of nitrogens with zero attached hydrogens (tertiary/aromatic N) is 9. The first-order chi connectivity index (χ1) is 19.2. The van der Waals surface area contributed by atoms with Gasteiger partial charge in [-0.05, 0) is 96.2 Å². The lowest BCUT2D eigenvalue weighted by atomic mass is 9.82. The molecule has 0 aliphatic heterocycles. The second-order valence-electron chi connectivity index (χ2n) is 12.9. The van der Waals surface area contributed by atoms with Crippen LogP contribution in [0.25, 0.3) is 0 Å². The van der Waals surface area contributed by atoms with Gasteiger partial charge in [-0.15, -0.1) is 18.7 Å². The van der Waals surface area contributed by atoms with Gasteiger partial charge in [0.15, 0.2) is 16.0 Å². The summed E-state index contributed by atoms with van der Waals surface area (Å²) < 4.78 is 24.0. The van der Waals surface area contributed by atoms with Crippen LogP contribution in [0.5, 0.6) is 0 Å². The van der Waals surface area contributed by atoms with E-state index in [1.807, 2.05) is 103 Å². The van der Waals surface area contributed by atoms with E-state index in [-0.39, 0.29) is 11.0 Å². The van der Waals surface area contributed by atoms with Gasteiger partial charge in [0.05, 0.1) is 5.54 Å². The third-order valence-corrected chi connectivity index (χ3v) is 12.7. The van der Waals surface area contributed by atoms with Gasteiger partial charge in [-0.25, -0.2) is 4.74 Å². The number of hydrogen-bond donors (Lipinski definition) is 4. The SMILES string of the molecule is CN(C)P(=NP=NC(C)(C)CC(C)(C)C)(N(C)C)N(C)C.CN(C)[P+](=N)N(C)C.CN(C)[P+](=N)N(C)C.CNC.CNC. The lowest BCUT2D eigenvalue weighted by Gasteiger charge is -2.40. The predicted octanol–water partition coefficient (Wildman–Crippen LogP) is 6.92. The molecule has 0 aromatic rings. The molecule has 13 nitrogen and oxygen atoms in total. The summed E-state index contributed by atoms with van der Waals surface area (Å²) >= 11 is 0. The summed E-state index contributed by atoms with van der Waals surface area (Å²) in [5, 5.41) is 20.3. The summed E-state index contributed by atoms with van der Waals surface area (Å²) in [6.45, 7) is 11.2. The van der Waals surface area contributed by atoms with Crippen molar-refractivity contribution in [1.82, 2.24) is 43.3 Å². The molecular formula is C26H75N13P4+2. The van der Waals surface area contributed by atoms with E-state index < -0.39 is 23.5 Å². The van der Waals surface area contributed by atoms with Crippen molar-refractivity contribution in [3.05, 3.63) is 0 Å². The van der Waals surface area contributed by atoms with Gasteiger partial charge < -0.3 is 10.6 Å². The quantitative estimate of drug-likeness (QED) is 0.181. The first-order valence-electron chi connectivity index (χ1n) is 14.1. The van der Waals surface area contributed by atoms with Crippen molar-refractivity contribution in [2.75, 3.05) is 127 Å². The van der Waals surface area contributed by atoms with Crippen molar-refractivity contribution in [1.29, 1.82) is 10.3 Å². The molecule has 0 heterocycles. The van der Waals surface area contributed by atoms with Crippen molar-refractivity contribution in [3.8, 4) is 0 Å². The summed E-state index contributed by atoms with van der Waals surface area (Å²) in [6, 6.07) is 0. The molecule has 0 unspecified atom stereocenters. The zero-order valence-corrected chi connectivity index (χ0v) is 36.1. The van der Waals surface area contributed by atoms with Crippen molar-refractivity contribution in [2.45, 2.75) is 46.6 Å². The smallest absolute Gasteiger partial charge is 0.323 e. The fourth-order valence-electron chi connectivity index (χ4n) is 3.56. The molecule has 262 valence electrons. The Balaban J connectivity index is -0.000000178. The van der Waals surface area contributed by atoms with Crippen LogP contribution in [0.4, 0.5) is 0 Å². The van der Waals surface area contributed by atoms with Crippen LogP contribution in [-0.4, -0.2) is 165 Å². The van der Waals surface area contributed by atoms with E-state index in [2.05, 4.69) is 102 Å². The second kappa shape index (κ2) is 27.3. The standard InChI is InChI=1S/C14H35N5P2.2C4H13N3P.2C2H7N/c1-13(2,3)12-14(4,5)15-20-16-21(17(6)7,18(8)9)19(10)11;2*1-6(2)8(5)7(3)4;2*1-3-2/h12H2,1-11H3;2*5H,1-4H3;2*3H,1-2H3/q;2*+1;;. The number of hydrogen-bond acceptors (Lipinski definition) is 5. The lowest BCUT2D eigenvalue weighted by molar-refractivity contribution is 0.290. The molecule has 43 heavy (non-hydrogen) atoms. The molecule has 0 aromatic heterocycles. The molecule has 0 amide bonds. The van der Waals surface area contributed by atoms with Gasteiger partial charge in [-0.1, -0.05) is 31.1 Å². The van der Waals surface area contributed by atoms with Crippen LogP contribution in [-0.2, 0) is 0 Å². The predicted molar refractivity (Wildman–Crippen MR) is 202 cm³/mol. The fraction of sp³-hybridized carbons (Fsp3) is 1.00. The molecule has 0 saturated carbocycles. The molecule has 4 N–H and O–H groups in total. The maximum Gasteiger partial charge on any atom is 0.394 e. The molecule has 0 atom stereocenters. The monoisotopic (exact) mass is 694 g/mol. The largest absolute Gasteiger partial charge is 0.394 e. The van der Waals surface area contributed by atoms with Crippen LogP contribution in [0.15, 0.2) is 9.26 Å². The zero-order valence-electron chi connectivity index (χ0n) is 32.5. The Morgan fingerprint density at radius 2 is 0.814 bits per heavy atom. The number of rotatable bonds is 10. The van der Waals surface area contributed by atoms with Crippen molar-refractivity contribution < 1.29 is 0 Å². The molecule has 0 aromatic carbocycles. The average molecular weight is 694 g/mol. The highest BCUT2D eigenvalue weighted by Gasteiger charge is 2.29. The van der Waals surface area contributed by atoms with Gasteiger partial charge >= 0.3 is 16.0 Å². The van der Waals surface area contributed by atoms with E-state index in [1.165, 1.54) is 0 Å². The Labute approximate surface area is 273 Å². The maximum absolute atomic E-state index is 7.40. The first kappa shape index (κ1) is 52.7. The van der Waals surface area contributed by atoms with Crippen LogP contribution >= 0.6 is 32.1 Å². The summed E-state index contributed by atoms with van der Waals surface area (Å²) in [5.41, 5.74) is 0.225. The summed E-state index contributed by atoms with van der Waals surface area (Å²) in [7, 11) is 32.8.